The highest BCUT2D eigenvalue weighted by Crippen LogP contribution is 2.38. The second-order valence-electron chi connectivity index (χ2n) is 7.46. The first-order valence-corrected chi connectivity index (χ1v) is 9.09. The van der Waals surface area contributed by atoms with Crippen LogP contribution in [0.15, 0.2) is 48.8 Å². The molecule has 6 heteroatoms. The van der Waals surface area contributed by atoms with Crippen molar-refractivity contribution in [1.29, 1.82) is 0 Å². The summed E-state index contributed by atoms with van der Waals surface area (Å²) in [7, 11) is 0. The van der Waals surface area contributed by atoms with Crippen LogP contribution in [-0.4, -0.2) is 44.7 Å². The maximum Gasteiger partial charge on any atom is 0.274 e. The predicted octanol–water partition coefficient (Wildman–Crippen LogP) is 2.89. The van der Waals surface area contributed by atoms with Crippen molar-refractivity contribution < 1.29 is 14.3 Å². The number of para-hydroxylation sites is 1. The molecule has 1 aromatic carbocycles. The van der Waals surface area contributed by atoms with Crippen LogP contribution < -0.4 is 4.74 Å². The Kier molecular flexibility index (Phi) is 3.37. The lowest BCUT2D eigenvalue weighted by Crippen LogP contribution is -2.45. The van der Waals surface area contributed by atoms with Gasteiger partial charge in [-0.1, -0.05) is 18.2 Å². The smallest absolute Gasteiger partial charge is 0.274 e. The highest BCUT2D eigenvalue weighted by Gasteiger charge is 2.47. The fraction of sp³-hybridized carbons (Fsp3) is 0.286. The number of hydrogen-bond acceptors (Lipinski definition) is 4. The van der Waals surface area contributed by atoms with E-state index in [1.165, 1.54) is 0 Å². The number of imidazole rings is 1. The first-order valence-electron chi connectivity index (χ1n) is 9.09. The summed E-state index contributed by atoms with van der Waals surface area (Å²) in [6.07, 6.45) is 4.66. The number of ether oxygens (including phenoxy) is 1. The van der Waals surface area contributed by atoms with Crippen molar-refractivity contribution in [2.75, 3.05) is 13.1 Å². The number of ketones is 1. The van der Waals surface area contributed by atoms with E-state index < -0.39 is 5.60 Å². The first-order chi connectivity index (χ1) is 13.0. The Bertz CT molecular complexity index is 1090. The molecule has 27 heavy (non-hydrogen) atoms. The van der Waals surface area contributed by atoms with Crippen LogP contribution in [0.3, 0.4) is 0 Å². The number of Topliss-reactive ketones (excluding diaryl/α,β-unsaturated/α-hetero) is 1. The highest BCUT2D eigenvalue weighted by molar-refractivity contribution is 6.00. The summed E-state index contributed by atoms with van der Waals surface area (Å²) in [6, 6.07) is 11.2. The number of hydrogen-bond donors (Lipinski definition) is 0. The van der Waals surface area contributed by atoms with Crippen molar-refractivity contribution in [3.05, 3.63) is 65.6 Å². The quantitative estimate of drug-likeness (QED) is 0.669. The number of rotatable bonds is 1. The van der Waals surface area contributed by atoms with Crippen LogP contribution in [0.4, 0.5) is 0 Å². The molecule has 5 rings (SSSR count). The number of aromatic nitrogens is 2. The number of benzene rings is 1. The van der Waals surface area contributed by atoms with Crippen molar-refractivity contribution in [3.63, 3.8) is 0 Å². The molecular formula is C21H19N3O3. The molecule has 0 N–H and O–H groups in total. The zero-order chi connectivity index (χ0) is 18.6. The van der Waals surface area contributed by atoms with Gasteiger partial charge in [0.1, 0.15) is 22.7 Å². The minimum Gasteiger partial charge on any atom is -0.484 e. The minimum atomic E-state index is -0.628. The van der Waals surface area contributed by atoms with E-state index in [1.807, 2.05) is 47.9 Å². The lowest BCUT2D eigenvalue weighted by Gasteiger charge is -2.34. The zero-order valence-corrected chi connectivity index (χ0v) is 15.0. The van der Waals surface area contributed by atoms with E-state index in [0.29, 0.717) is 42.9 Å². The zero-order valence-electron chi connectivity index (χ0n) is 15.0. The SMILES string of the molecule is Cc1ccc2nc(C(=O)N3CCC4(CC(=O)c5ccccc5O4)C3)cn2c1. The summed E-state index contributed by atoms with van der Waals surface area (Å²) < 4.78 is 8.07. The summed E-state index contributed by atoms with van der Waals surface area (Å²) in [4.78, 5) is 31.7. The Balaban J connectivity index is 1.40. The van der Waals surface area contributed by atoms with Gasteiger partial charge < -0.3 is 14.0 Å². The largest absolute Gasteiger partial charge is 0.484 e. The molecule has 3 aromatic rings. The molecule has 4 heterocycles. The molecule has 1 spiro atoms. The molecule has 1 atom stereocenters. The standard InChI is InChI=1S/C21H19N3O3/c1-14-6-7-19-22-16(12-24(19)11-14)20(26)23-9-8-21(13-23)10-17(25)15-4-2-3-5-18(15)27-21/h2-7,11-12H,8-10,13H2,1H3. The van der Waals surface area contributed by atoms with Crippen LogP contribution in [0.2, 0.25) is 0 Å². The minimum absolute atomic E-state index is 0.0781. The van der Waals surface area contributed by atoms with Crippen LogP contribution in [0.5, 0.6) is 5.75 Å². The third-order valence-electron chi connectivity index (χ3n) is 5.42. The molecule has 136 valence electrons. The van der Waals surface area contributed by atoms with Crippen molar-refractivity contribution >= 4 is 17.3 Å². The number of carbonyl (C=O) groups is 2. The molecule has 2 aliphatic rings. The van der Waals surface area contributed by atoms with E-state index in [0.717, 1.165) is 11.2 Å². The monoisotopic (exact) mass is 361 g/mol. The van der Waals surface area contributed by atoms with Crippen LogP contribution in [0.25, 0.3) is 5.65 Å². The second kappa shape index (κ2) is 5.67. The van der Waals surface area contributed by atoms with Gasteiger partial charge in [-0.05, 0) is 30.7 Å². The summed E-state index contributed by atoms with van der Waals surface area (Å²) in [5.41, 5.74) is 2.27. The number of amides is 1. The van der Waals surface area contributed by atoms with Gasteiger partial charge in [-0.3, -0.25) is 9.59 Å². The summed E-state index contributed by atoms with van der Waals surface area (Å²) >= 11 is 0. The van der Waals surface area contributed by atoms with E-state index in [2.05, 4.69) is 4.98 Å². The van der Waals surface area contributed by atoms with Crippen molar-refractivity contribution in [2.45, 2.75) is 25.4 Å². The molecular weight excluding hydrogens is 342 g/mol. The number of likely N-dealkylation sites (tertiary alicyclic amines) is 1. The van der Waals surface area contributed by atoms with Gasteiger partial charge in [0.15, 0.2) is 5.78 Å². The normalized spacial score (nSPS) is 21.5. The molecule has 0 aliphatic carbocycles. The van der Waals surface area contributed by atoms with Gasteiger partial charge in [0.2, 0.25) is 0 Å². The average Bonchev–Trinajstić information content (AvgIpc) is 3.25. The van der Waals surface area contributed by atoms with Gasteiger partial charge >= 0.3 is 0 Å². The Morgan fingerprint density at radius 2 is 2.04 bits per heavy atom. The Morgan fingerprint density at radius 3 is 2.93 bits per heavy atom. The van der Waals surface area contributed by atoms with Crippen molar-refractivity contribution in [1.82, 2.24) is 14.3 Å². The molecule has 1 unspecified atom stereocenters. The molecule has 6 nitrogen and oxygen atoms in total. The van der Waals surface area contributed by atoms with Crippen molar-refractivity contribution in [2.24, 2.45) is 0 Å². The van der Waals surface area contributed by atoms with E-state index in [4.69, 9.17) is 4.74 Å². The molecule has 2 aromatic heterocycles. The van der Waals surface area contributed by atoms with Gasteiger partial charge in [0.25, 0.3) is 5.91 Å². The molecule has 1 saturated heterocycles. The predicted molar refractivity (Wildman–Crippen MR) is 99.2 cm³/mol. The summed E-state index contributed by atoms with van der Waals surface area (Å²) in [6.45, 7) is 2.96. The maximum absolute atomic E-state index is 13.0. The van der Waals surface area contributed by atoms with Crippen LogP contribution in [-0.2, 0) is 0 Å². The molecule has 1 fully saturated rings. The van der Waals surface area contributed by atoms with Gasteiger partial charge in [-0.15, -0.1) is 0 Å². The van der Waals surface area contributed by atoms with E-state index in [9.17, 15) is 9.59 Å². The molecule has 0 bridgehead atoms. The van der Waals surface area contributed by atoms with Crippen LogP contribution >= 0.6 is 0 Å². The van der Waals surface area contributed by atoms with E-state index >= 15 is 0 Å². The van der Waals surface area contributed by atoms with Crippen LogP contribution in [0, 0.1) is 6.92 Å². The number of pyridine rings is 1. The van der Waals surface area contributed by atoms with Gasteiger partial charge in [-0.25, -0.2) is 4.98 Å². The average molecular weight is 361 g/mol. The number of fused-ring (bicyclic) bond motifs is 2. The Morgan fingerprint density at radius 1 is 1.19 bits per heavy atom. The Labute approximate surface area is 156 Å². The Hall–Kier alpha value is -3.15. The first kappa shape index (κ1) is 16.1. The molecule has 0 radical (unpaired) electrons. The number of carbonyl (C=O) groups excluding carboxylic acids is 2. The van der Waals surface area contributed by atoms with E-state index in [1.54, 1.807) is 17.2 Å². The van der Waals surface area contributed by atoms with Gasteiger partial charge in [-0.2, -0.15) is 0 Å². The maximum atomic E-state index is 13.0. The van der Waals surface area contributed by atoms with Gasteiger partial charge in [0.05, 0.1) is 18.5 Å². The summed E-state index contributed by atoms with van der Waals surface area (Å²) in [5.74, 6) is 0.573. The van der Waals surface area contributed by atoms with Gasteiger partial charge in [0, 0.05) is 25.4 Å². The number of nitrogens with zero attached hydrogens (tertiary/aromatic N) is 3. The third-order valence-corrected chi connectivity index (χ3v) is 5.42. The summed E-state index contributed by atoms with van der Waals surface area (Å²) in [5, 5.41) is 0. The van der Waals surface area contributed by atoms with Crippen molar-refractivity contribution in [3.8, 4) is 5.75 Å². The third kappa shape index (κ3) is 2.60. The fourth-order valence-corrected chi connectivity index (χ4v) is 4.06. The second-order valence-corrected chi connectivity index (χ2v) is 7.46. The lowest BCUT2D eigenvalue weighted by atomic mass is 9.89. The molecule has 1 amide bonds. The highest BCUT2D eigenvalue weighted by atomic mass is 16.5. The molecule has 0 saturated carbocycles. The lowest BCUT2D eigenvalue weighted by molar-refractivity contribution is 0.0427. The topological polar surface area (TPSA) is 63.9 Å². The molecule has 2 aliphatic heterocycles. The van der Waals surface area contributed by atoms with Crippen LogP contribution in [0.1, 0.15) is 39.3 Å². The fourth-order valence-electron chi connectivity index (χ4n) is 4.06. The number of aryl methyl sites for hydroxylation is 1. The van der Waals surface area contributed by atoms with E-state index in [-0.39, 0.29) is 11.7 Å².